The molecule has 0 heterocycles. The molecule has 2 heteroatoms. The molecule has 22 heavy (non-hydrogen) atoms. The van der Waals surface area contributed by atoms with Crippen molar-refractivity contribution in [3.63, 3.8) is 0 Å². The van der Waals surface area contributed by atoms with Gasteiger partial charge < -0.3 is 0 Å². The molecule has 0 fully saturated rings. The predicted molar refractivity (Wildman–Crippen MR) is 97.6 cm³/mol. The van der Waals surface area contributed by atoms with Crippen molar-refractivity contribution in [2.24, 2.45) is 5.92 Å². The second kappa shape index (κ2) is 6.58. The van der Waals surface area contributed by atoms with Crippen LogP contribution in [0, 0.1) is 16.6 Å². The van der Waals surface area contributed by atoms with Crippen LogP contribution in [0.2, 0.25) is 0 Å². The standard InChI is InChI=1S/C20H23NS/c1-19(2,3)17-11-8-16(9-12-17)10-13-18-7-5-6-14-20(18,4)22-15-21/h5-14,18H,1-4H3/b13-10+. The second-order valence-corrected chi connectivity index (χ2v) is 8.14. The van der Waals surface area contributed by atoms with Crippen LogP contribution in [0.4, 0.5) is 0 Å². The molecule has 2 rings (SSSR count). The fourth-order valence-corrected chi connectivity index (χ4v) is 3.13. The zero-order valence-electron chi connectivity index (χ0n) is 13.7. The first-order valence-electron chi connectivity index (χ1n) is 7.57. The van der Waals surface area contributed by atoms with E-state index in [2.05, 4.69) is 87.7 Å². The molecule has 0 bridgehead atoms. The van der Waals surface area contributed by atoms with E-state index in [9.17, 15) is 0 Å². The molecule has 0 saturated carbocycles. The molecule has 0 N–H and O–H groups in total. The van der Waals surface area contributed by atoms with Gasteiger partial charge in [-0.3, -0.25) is 0 Å². The number of thiocyanates is 1. The van der Waals surface area contributed by atoms with E-state index in [0.717, 1.165) is 0 Å². The van der Waals surface area contributed by atoms with E-state index in [1.165, 1.54) is 22.9 Å². The van der Waals surface area contributed by atoms with Crippen LogP contribution in [0.15, 0.2) is 54.6 Å². The molecule has 114 valence electrons. The maximum atomic E-state index is 9.02. The Balaban J connectivity index is 2.16. The summed E-state index contributed by atoms with van der Waals surface area (Å²) in [5, 5.41) is 11.3. The van der Waals surface area contributed by atoms with Gasteiger partial charge >= 0.3 is 0 Å². The summed E-state index contributed by atoms with van der Waals surface area (Å²) in [4.78, 5) is 0. The lowest BCUT2D eigenvalue weighted by atomic mass is 9.86. The van der Waals surface area contributed by atoms with Gasteiger partial charge in [0.15, 0.2) is 0 Å². The lowest BCUT2D eigenvalue weighted by Crippen LogP contribution is -2.27. The van der Waals surface area contributed by atoms with Crippen LogP contribution in [-0.2, 0) is 5.41 Å². The fraction of sp³-hybridized carbons (Fsp3) is 0.350. The number of nitrogens with zero attached hydrogens (tertiary/aromatic N) is 1. The Morgan fingerprint density at radius 1 is 1.18 bits per heavy atom. The van der Waals surface area contributed by atoms with Gasteiger partial charge in [-0.2, -0.15) is 5.26 Å². The van der Waals surface area contributed by atoms with Crippen LogP contribution in [0.1, 0.15) is 38.8 Å². The summed E-state index contributed by atoms with van der Waals surface area (Å²) in [5.41, 5.74) is 2.72. The molecule has 1 aromatic carbocycles. The largest absolute Gasteiger partial charge is 0.185 e. The van der Waals surface area contributed by atoms with Crippen molar-refractivity contribution in [3.8, 4) is 5.40 Å². The Labute approximate surface area is 138 Å². The Hall–Kier alpha value is -1.72. The highest BCUT2D eigenvalue weighted by molar-refractivity contribution is 8.05. The van der Waals surface area contributed by atoms with Gasteiger partial charge in [-0.15, -0.1) is 0 Å². The van der Waals surface area contributed by atoms with Crippen molar-refractivity contribution < 1.29 is 0 Å². The number of benzene rings is 1. The van der Waals surface area contributed by atoms with Crippen molar-refractivity contribution in [1.82, 2.24) is 0 Å². The third kappa shape index (κ3) is 3.93. The van der Waals surface area contributed by atoms with Crippen molar-refractivity contribution in [1.29, 1.82) is 5.26 Å². The molecule has 0 amide bonds. The molecular weight excluding hydrogens is 286 g/mol. The summed E-state index contributed by atoms with van der Waals surface area (Å²) < 4.78 is -0.189. The number of rotatable bonds is 3. The number of allylic oxidation sites excluding steroid dienone is 4. The smallest absolute Gasteiger partial charge is 0.134 e. The highest BCUT2D eigenvalue weighted by Gasteiger charge is 2.30. The first-order chi connectivity index (χ1) is 10.3. The van der Waals surface area contributed by atoms with Gasteiger partial charge in [0.05, 0.1) is 4.75 Å². The SMILES string of the molecule is CC(C)(C)c1ccc(/C=C/C2C=CC=CC2(C)SC#N)cc1. The van der Waals surface area contributed by atoms with Gasteiger partial charge in [0.2, 0.25) is 0 Å². The maximum absolute atomic E-state index is 9.02. The summed E-state index contributed by atoms with van der Waals surface area (Å²) in [6, 6.07) is 8.71. The lowest BCUT2D eigenvalue weighted by molar-refractivity contribution is 0.590. The average molecular weight is 309 g/mol. The number of nitriles is 1. The van der Waals surface area contributed by atoms with E-state index >= 15 is 0 Å². The van der Waals surface area contributed by atoms with E-state index in [1.54, 1.807) is 0 Å². The van der Waals surface area contributed by atoms with Crippen LogP contribution in [0.5, 0.6) is 0 Å². The van der Waals surface area contributed by atoms with E-state index in [1.807, 2.05) is 6.08 Å². The van der Waals surface area contributed by atoms with E-state index < -0.39 is 0 Å². The minimum absolute atomic E-state index is 0.182. The zero-order chi connectivity index (χ0) is 16.2. The first kappa shape index (κ1) is 16.6. The monoisotopic (exact) mass is 309 g/mol. The predicted octanol–water partition coefficient (Wildman–Crippen LogP) is 5.71. The molecule has 0 spiro atoms. The quantitative estimate of drug-likeness (QED) is 0.667. The van der Waals surface area contributed by atoms with Crippen LogP contribution >= 0.6 is 11.8 Å². The van der Waals surface area contributed by atoms with Gasteiger partial charge in [0.25, 0.3) is 0 Å². The average Bonchev–Trinajstić information content (AvgIpc) is 2.46. The van der Waals surface area contributed by atoms with Crippen LogP contribution in [-0.4, -0.2) is 4.75 Å². The van der Waals surface area contributed by atoms with E-state index in [0.29, 0.717) is 0 Å². The molecule has 1 nitrogen and oxygen atoms in total. The molecule has 0 saturated heterocycles. The molecule has 1 aliphatic rings. The molecule has 2 atom stereocenters. The summed E-state index contributed by atoms with van der Waals surface area (Å²) in [6.07, 6.45) is 12.7. The van der Waals surface area contributed by atoms with Crippen LogP contribution < -0.4 is 0 Å². The maximum Gasteiger partial charge on any atom is 0.134 e. The molecule has 0 aliphatic heterocycles. The topological polar surface area (TPSA) is 23.8 Å². The van der Waals surface area contributed by atoms with Gasteiger partial charge in [-0.05, 0) is 35.2 Å². The zero-order valence-corrected chi connectivity index (χ0v) is 14.5. The third-order valence-electron chi connectivity index (χ3n) is 4.06. The van der Waals surface area contributed by atoms with Crippen molar-refractivity contribution in [2.45, 2.75) is 37.9 Å². The summed E-state index contributed by atoms with van der Waals surface area (Å²) in [5.74, 6) is 0.226. The molecular formula is C20H23NS. The van der Waals surface area contributed by atoms with E-state index in [-0.39, 0.29) is 16.1 Å². The minimum atomic E-state index is -0.189. The normalized spacial score (nSPS) is 24.6. The lowest BCUT2D eigenvalue weighted by Gasteiger charge is -2.29. The first-order valence-corrected chi connectivity index (χ1v) is 8.39. The fourth-order valence-electron chi connectivity index (χ4n) is 2.50. The highest BCUT2D eigenvalue weighted by Crippen LogP contribution is 2.38. The molecule has 1 aromatic rings. The Morgan fingerprint density at radius 3 is 2.45 bits per heavy atom. The van der Waals surface area contributed by atoms with Crippen molar-refractivity contribution in [2.75, 3.05) is 0 Å². The third-order valence-corrected chi connectivity index (χ3v) is 5.00. The van der Waals surface area contributed by atoms with Crippen LogP contribution in [0.3, 0.4) is 0 Å². The molecule has 0 aromatic heterocycles. The Morgan fingerprint density at radius 2 is 1.86 bits per heavy atom. The highest BCUT2D eigenvalue weighted by atomic mass is 32.2. The van der Waals surface area contributed by atoms with Crippen molar-refractivity contribution in [3.05, 3.63) is 65.8 Å². The van der Waals surface area contributed by atoms with Crippen molar-refractivity contribution >= 4 is 17.8 Å². The molecule has 1 aliphatic carbocycles. The van der Waals surface area contributed by atoms with Gasteiger partial charge in [-0.25, -0.2) is 0 Å². The number of thioether (sulfide) groups is 1. The molecule has 2 unspecified atom stereocenters. The van der Waals surface area contributed by atoms with E-state index in [4.69, 9.17) is 5.26 Å². The van der Waals surface area contributed by atoms with Crippen LogP contribution in [0.25, 0.3) is 6.08 Å². The summed E-state index contributed by atoms with van der Waals surface area (Å²) in [6.45, 7) is 8.78. The van der Waals surface area contributed by atoms with Gasteiger partial charge in [0, 0.05) is 5.92 Å². The Bertz CT molecular complexity index is 638. The number of hydrogen-bond acceptors (Lipinski definition) is 2. The minimum Gasteiger partial charge on any atom is -0.185 e. The Kier molecular flexibility index (Phi) is 4.98. The summed E-state index contributed by atoms with van der Waals surface area (Å²) in [7, 11) is 0. The van der Waals surface area contributed by atoms with Gasteiger partial charge in [0.1, 0.15) is 5.40 Å². The second-order valence-electron chi connectivity index (χ2n) is 6.88. The van der Waals surface area contributed by atoms with Gasteiger partial charge in [-0.1, -0.05) is 81.5 Å². The summed E-state index contributed by atoms with van der Waals surface area (Å²) >= 11 is 1.32. The molecule has 0 radical (unpaired) electrons. The number of hydrogen-bond donors (Lipinski definition) is 0.